The molecular weight excluding hydrogens is 280 g/mol. The highest BCUT2D eigenvalue weighted by atomic mass is 16.4. The number of carboxylic acid groups (broad SMARTS) is 1. The number of hydrogen-bond acceptors (Lipinski definition) is 4. The molecule has 6 heteroatoms. The van der Waals surface area contributed by atoms with Crippen LogP contribution < -0.4 is 0 Å². The number of fused-ring (bicyclic) bond motifs is 1. The summed E-state index contributed by atoms with van der Waals surface area (Å²) in [5.41, 5.74) is 2.79. The molecule has 3 heterocycles. The van der Waals surface area contributed by atoms with Crippen LogP contribution in [0.2, 0.25) is 0 Å². The lowest BCUT2D eigenvalue weighted by Gasteiger charge is -2.16. The lowest BCUT2D eigenvalue weighted by Crippen LogP contribution is -2.19. The number of rotatable bonds is 5. The number of aromatic carboxylic acids is 1. The Kier molecular flexibility index (Phi) is 3.84. The van der Waals surface area contributed by atoms with Gasteiger partial charge in [-0.05, 0) is 31.3 Å². The van der Waals surface area contributed by atoms with Gasteiger partial charge in [0.25, 0.3) is 0 Å². The van der Waals surface area contributed by atoms with Crippen molar-refractivity contribution in [3.8, 4) is 0 Å². The Morgan fingerprint density at radius 2 is 2.09 bits per heavy atom. The largest absolute Gasteiger partial charge is 0.477 e. The number of carbonyl (C=O) groups is 1. The summed E-state index contributed by atoms with van der Waals surface area (Å²) in [5.74, 6) is -1.01. The first-order valence-electron chi connectivity index (χ1n) is 6.92. The quantitative estimate of drug-likeness (QED) is 0.780. The first kappa shape index (κ1) is 14.2. The third kappa shape index (κ3) is 2.96. The average molecular weight is 296 g/mol. The van der Waals surface area contributed by atoms with Crippen LogP contribution in [-0.2, 0) is 13.1 Å². The summed E-state index contributed by atoms with van der Waals surface area (Å²) >= 11 is 0. The molecule has 0 saturated heterocycles. The molecule has 0 spiro atoms. The van der Waals surface area contributed by atoms with Crippen LogP contribution in [0, 0.1) is 0 Å². The van der Waals surface area contributed by atoms with Gasteiger partial charge >= 0.3 is 5.97 Å². The van der Waals surface area contributed by atoms with Crippen molar-refractivity contribution >= 4 is 11.6 Å². The zero-order chi connectivity index (χ0) is 15.5. The minimum atomic E-state index is -1.01. The van der Waals surface area contributed by atoms with Gasteiger partial charge in [0.05, 0.1) is 17.6 Å². The maximum Gasteiger partial charge on any atom is 0.354 e. The standard InChI is InChI=1S/C16H16N4O2/c1-19(10-12-5-4-6-14(18-12)16(21)22)11-13-9-17-15-7-2-3-8-20(13)15/h2-9H,10-11H2,1H3,(H,21,22). The van der Waals surface area contributed by atoms with E-state index in [-0.39, 0.29) is 5.69 Å². The van der Waals surface area contributed by atoms with Gasteiger partial charge in [0.15, 0.2) is 0 Å². The molecule has 0 amide bonds. The van der Waals surface area contributed by atoms with Crippen LogP contribution in [0.3, 0.4) is 0 Å². The third-order valence-corrected chi connectivity index (χ3v) is 3.38. The second-order valence-corrected chi connectivity index (χ2v) is 5.17. The normalized spacial score (nSPS) is 11.2. The van der Waals surface area contributed by atoms with Gasteiger partial charge in [-0.2, -0.15) is 0 Å². The van der Waals surface area contributed by atoms with Gasteiger partial charge in [0.1, 0.15) is 11.3 Å². The van der Waals surface area contributed by atoms with Crippen molar-refractivity contribution in [2.24, 2.45) is 0 Å². The molecule has 0 atom stereocenters. The highest BCUT2D eigenvalue weighted by molar-refractivity contribution is 5.85. The van der Waals surface area contributed by atoms with Crippen molar-refractivity contribution in [1.82, 2.24) is 19.3 Å². The molecule has 0 bridgehead atoms. The lowest BCUT2D eigenvalue weighted by molar-refractivity contribution is 0.0690. The van der Waals surface area contributed by atoms with E-state index in [9.17, 15) is 4.79 Å². The Balaban J connectivity index is 1.73. The van der Waals surface area contributed by atoms with Gasteiger partial charge in [0, 0.05) is 19.3 Å². The van der Waals surface area contributed by atoms with Crippen molar-refractivity contribution < 1.29 is 9.90 Å². The van der Waals surface area contributed by atoms with Crippen molar-refractivity contribution in [2.75, 3.05) is 7.05 Å². The zero-order valence-electron chi connectivity index (χ0n) is 12.2. The summed E-state index contributed by atoms with van der Waals surface area (Å²) in [6.45, 7) is 1.27. The topological polar surface area (TPSA) is 70.7 Å². The predicted octanol–water partition coefficient (Wildman–Crippen LogP) is 2.06. The molecule has 112 valence electrons. The fourth-order valence-corrected chi connectivity index (χ4v) is 2.40. The van der Waals surface area contributed by atoms with Gasteiger partial charge in [-0.15, -0.1) is 0 Å². The van der Waals surface area contributed by atoms with Crippen LogP contribution in [0.25, 0.3) is 5.65 Å². The Labute approximate surface area is 127 Å². The van der Waals surface area contributed by atoms with E-state index in [0.717, 1.165) is 17.0 Å². The van der Waals surface area contributed by atoms with Gasteiger partial charge in [-0.1, -0.05) is 12.1 Å². The molecule has 1 N–H and O–H groups in total. The molecule has 22 heavy (non-hydrogen) atoms. The van der Waals surface area contributed by atoms with Crippen molar-refractivity contribution in [2.45, 2.75) is 13.1 Å². The Morgan fingerprint density at radius 3 is 2.91 bits per heavy atom. The second-order valence-electron chi connectivity index (χ2n) is 5.17. The first-order valence-corrected chi connectivity index (χ1v) is 6.92. The van der Waals surface area contributed by atoms with Crippen molar-refractivity contribution in [3.05, 3.63) is 65.9 Å². The Morgan fingerprint density at radius 1 is 1.23 bits per heavy atom. The monoisotopic (exact) mass is 296 g/mol. The van der Waals surface area contributed by atoms with Crippen LogP contribution in [0.4, 0.5) is 0 Å². The number of nitrogens with zero attached hydrogens (tertiary/aromatic N) is 4. The van der Waals surface area contributed by atoms with E-state index in [2.05, 4.69) is 14.9 Å². The number of imidazole rings is 1. The Hall–Kier alpha value is -2.73. The summed E-state index contributed by atoms with van der Waals surface area (Å²) in [5, 5.41) is 8.98. The molecule has 0 aromatic carbocycles. The third-order valence-electron chi connectivity index (χ3n) is 3.38. The fraction of sp³-hybridized carbons (Fsp3) is 0.188. The number of aromatic nitrogens is 3. The smallest absolute Gasteiger partial charge is 0.354 e. The molecule has 3 rings (SSSR count). The minimum Gasteiger partial charge on any atom is -0.477 e. The van der Waals surface area contributed by atoms with Gasteiger partial charge < -0.3 is 9.51 Å². The van der Waals surface area contributed by atoms with E-state index in [1.54, 1.807) is 6.07 Å². The van der Waals surface area contributed by atoms with E-state index in [1.165, 1.54) is 6.07 Å². The molecule has 0 aliphatic heterocycles. The summed E-state index contributed by atoms with van der Waals surface area (Å²) in [4.78, 5) is 21.5. The Bertz CT molecular complexity index is 813. The lowest BCUT2D eigenvalue weighted by atomic mass is 10.3. The SMILES string of the molecule is CN(Cc1cccc(C(=O)O)n1)Cc1cnc2ccccn12. The van der Waals surface area contributed by atoms with Gasteiger partial charge in [0.2, 0.25) is 0 Å². The highest BCUT2D eigenvalue weighted by Crippen LogP contribution is 2.10. The van der Waals surface area contributed by atoms with Crippen LogP contribution in [0.15, 0.2) is 48.8 Å². The van der Waals surface area contributed by atoms with Crippen LogP contribution >= 0.6 is 0 Å². The number of pyridine rings is 2. The van der Waals surface area contributed by atoms with Gasteiger partial charge in [-0.3, -0.25) is 4.90 Å². The fourth-order valence-electron chi connectivity index (χ4n) is 2.40. The summed E-state index contributed by atoms with van der Waals surface area (Å²) in [7, 11) is 1.97. The molecular formula is C16H16N4O2. The predicted molar refractivity (Wildman–Crippen MR) is 81.6 cm³/mol. The summed E-state index contributed by atoms with van der Waals surface area (Å²) in [6, 6.07) is 10.9. The molecule has 0 aliphatic carbocycles. The summed E-state index contributed by atoms with van der Waals surface area (Å²) < 4.78 is 2.04. The maximum atomic E-state index is 11.0. The van der Waals surface area contributed by atoms with E-state index >= 15 is 0 Å². The van der Waals surface area contributed by atoms with E-state index in [0.29, 0.717) is 13.1 Å². The molecule has 6 nitrogen and oxygen atoms in total. The van der Waals surface area contributed by atoms with Crippen LogP contribution in [0.1, 0.15) is 21.9 Å². The maximum absolute atomic E-state index is 11.0. The molecule has 0 saturated carbocycles. The van der Waals surface area contributed by atoms with E-state index < -0.39 is 5.97 Å². The first-order chi connectivity index (χ1) is 10.6. The molecule has 3 aromatic rings. The van der Waals surface area contributed by atoms with E-state index in [4.69, 9.17) is 5.11 Å². The average Bonchev–Trinajstić information content (AvgIpc) is 2.91. The molecule has 3 aromatic heterocycles. The van der Waals surface area contributed by atoms with Crippen LogP contribution in [-0.4, -0.2) is 37.4 Å². The second kappa shape index (κ2) is 5.95. The molecule has 0 aliphatic rings. The summed E-state index contributed by atoms with van der Waals surface area (Å²) in [6.07, 6.45) is 3.84. The number of carboxylic acids is 1. The van der Waals surface area contributed by atoms with Crippen molar-refractivity contribution in [1.29, 1.82) is 0 Å². The number of hydrogen-bond donors (Lipinski definition) is 1. The molecule has 0 unspecified atom stereocenters. The van der Waals surface area contributed by atoms with Gasteiger partial charge in [-0.25, -0.2) is 14.8 Å². The van der Waals surface area contributed by atoms with E-state index in [1.807, 2.05) is 48.1 Å². The molecule has 0 fully saturated rings. The molecule has 0 radical (unpaired) electrons. The minimum absolute atomic E-state index is 0.0701. The van der Waals surface area contributed by atoms with Crippen LogP contribution in [0.5, 0.6) is 0 Å². The highest BCUT2D eigenvalue weighted by Gasteiger charge is 2.09. The zero-order valence-corrected chi connectivity index (χ0v) is 12.2. The van der Waals surface area contributed by atoms with Crippen molar-refractivity contribution in [3.63, 3.8) is 0 Å².